The standard InChI is InChI=1S/C21H25N3O5S/c1-2-29-21(26)24-19-9-5-17(6-10-19)16-3-7-18(8-4-16)23-20(25)22-13-15-11-12-30(27,28)14-15/h3-10,15H,2,11-14H2,1H3,(H,24,26)(H2,22,23,25). The highest BCUT2D eigenvalue weighted by Gasteiger charge is 2.27. The number of amides is 3. The summed E-state index contributed by atoms with van der Waals surface area (Å²) in [6.07, 6.45) is 0.0966. The third-order valence-corrected chi connectivity index (χ3v) is 6.60. The molecule has 0 saturated carbocycles. The number of hydrogen-bond donors (Lipinski definition) is 3. The van der Waals surface area contributed by atoms with Gasteiger partial charge in [-0.25, -0.2) is 18.0 Å². The Bertz CT molecular complexity index is 988. The van der Waals surface area contributed by atoms with Gasteiger partial charge in [0.05, 0.1) is 18.1 Å². The normalized spacial score (nSPS) is 17.2. The number of sulfone groups is 1. The Morgan fingerprint density at radius 1 is 0.967 bits per heavy atom. The molecule has 2 aromatic carbocycles. The zero-order chi connectivity index (χ0) is 21.6. The number of benzene rings is 2. The molecule has 1 unspecified atom stereocenters. The molecule has 1 atom stereocenters. The second-order valence-electron chi connectivity index (χ2n) is 7.10. The fourth-order valence-corrected chi connectivity index (χ4v) is 5.08. The van der Waals surface area contributed by atoms with Gasteiger partial charge in [-0.15, -0.1) is 0 Å². The Balaban J connectivity index is 1.50. The summed E-state index contributed by atoms with van der Waals surface area (Å²) in [6.45, 7) is 2.40. The van der Waals surface area contributed by atoms with E-state index in [9.17, 15) is 18.0 Å². The van der Waals surface area contributed by atoms with Crippen molar-refractivity contribution in [3.05, 3.63) is 48.5 Å². The van der Waals surface area contributed by atoms with Crippen molar-refractivity contribution >= 4 is 33.3 Å². The molecule has 3 N–H and O–H groups in total. The lowest BCUT2D eigenvalue weighted by Gasteiger charge is -2.11. The highest BCUT2D eigenvalue weighted by atomic mass is 32.2. The van der Waals surface area contributed by atoms with E-state index >= 15 is 0 Å². The van der Waals surface area contributed by atoms with E-state index in [0.717, 1.165) is 11.1 Å². The Morgan fingerprint density at radius 2 is 1.53 bits per heavy atom. The van der Waals surface area contributed by atoms with Crippen molar-refractivity contribution in [2.24, 2.45) is 5.92 Å². The van der Waals surface area contributed by atoms with Crippen LogP contribution in [0.5, 0.6) is 0 Å². The summed E-state index contributed by atoms with van der Waals surface area (Å²) in [4.78, 5) is 23.5. The molecule has 0 radical (unpaired) electrons. The van der Waals surface area contributed by atoms with E-state index < -0.39 is 15.9 Å². The maximum absolute atomic E-state index is 12.0. The Kier molecular flexibility index (Phi) is 6.94. The molecule has 0 aromatic heterocycles. The largest absolute Gasteiger partial charge is 0.450 e. The van der Waals surface area contributed by atoms with Crippen LogP contribution in [0.25, 0.3) is 11.1 Å². The van der Waals surface area contributed by atoms with Crippen molar-refractivity contribution in [1.29, 1.82) is 0 Å². The van der Waals surface area contributed by atoms with E-state index in [-0.39, 0.29) is 23.5 Å². The molecule has 3 amide bonds. The van der Waals surface area contributed by atoms with Crippen LogP contribution in [0.2, 0.25) is 0 Å². The predicted molar refractivity (Wildman–Crippen MR) is 116 cm³/mol. The third-order valence-electron chi connectivity index (χ3n) is 4.76. The van der Waals surface area contributed by atoms with E-state index in [0.29, 0.717) is 30.9 Å². The molecule has 0 aliphatic carbocycles. The first-order valence-electron chi connectivity index (χ1n) is 9.74. The fourth-order valence-electron chi connectivity index (χ4n) is 3.22. The number of urea groups is 1. The van der Waals surface area contributed by atoms with Gasteiger partial charge in [-0.3, -0.25) is 5.32 Å². The van der Waals surface area contributed by atoms with Crippen molar-refractivity contribution in [2.75, 3.05) is 35.3 Å². The van der Waals surface area contributed by atoms with Crippen molar-refractivity contribution in [1.82, 2.24) is 5.32 Å². The highest BCUT2D eigenvalue weighted by molar-refractivity contribution is 7.91. The van der Waals surface area contributed by atoms with Crippen LogP contribution in [0.3, 0.4) is 0 Å². The third kappa shape index (κ3) is 6.21. The second-order valence-corrected chi connectivity index (χ2v) is 9.33. The minimum Gasteiger partial charge on any atom is -0.450 e. The van der Waals surface area contributed by atoms with Crippen LogP contribution < -0.4 is 16.0 Å². The summed E-state index contributed by atoms with van der Waals surface area (Å²) in [5.74, 6) is 0.308. The summed E-state index contributed by atoms with van der Waals surface area (Å²) in [7, 11) is -2.94. The molecule has 2 aromatic rings. The Labute approximate surface area is 175 Å². The van der Waals surface area contributed by atoms with Gasteiger partial charge in [0, 0.05) is 17.9 Å². The van der Waals surface area contributed by atoms with Gasteiger partial charge in [-0.2, -0.15) is 0 Å². The number of nitrogens with one attached hydrogen (secondary N) is 3. The molecule has 3 rings (SSSR count). The van der Waals surface area contributed by atoms with Crippen LogP contribution in [0.1, 0.15) is 13.3 Å². The molecule has 9 heteroatoms. The zero-order valence-corrected chi connectivity index (χ0v) is 17.5. The molecule has 1 saturated heterocycles. The Hall–Kier alpha value is -3.07. The second kappa shape index (κ2) is 9.62. The van der Waals surface area contributed by atoms with Crippen molar-refractivity contribution in [2.45, 2.75) is 13.3 Å². The molecule has 1 fully saturated rings. The van der Waals surface area contributed by atoms with Crippen LogP contribution >= 0.6 is 0 Å². The number of carbonyl (C=O) groups excluding carboxylic acids is 2. The van der Waals surface area contributed by atoms with Gasteiger partial charge in [0.25, 0.3) is 0 Å². The number of hydrogen-bond acceptors (Lipinski definition) is 5. The van der Waals surface area contributed by atoms with Crippen LogP contribution in [0, 0.1) is 5.92 Å². The maximum atomic E-state index is 12.0. The first kappa shape index (κ1) is 21.6. The minimum atomic E-state index is -2.94. The smallest absolute Gasteiger partial charge is 0.411 e. The lowest BCUT2D eigenvalue weighted by molar-refractivity contribution is 0.168. The first-order chi connectivity index (χ1) is 14.3. The van der Waals surface area contributed by atoms with Crippen molar-refractivity contribution in [3.63, 3.8) is 0 Å². The lowest BCUT2D eigenvalue weighted by atomic mass is 10.1. The van der Waals surface area contributed by atoms with Crippen molar-refractivity contribution in [3.8, 4) is 11.1 Å². The van der Waals surface area contributed by atoms with Gasteiger partial charge in [-0.05, 0) is 54.7 Å². The quantitative estimate of drug-likeness (QED) is 0.648. The topological polar surface area (TPSA) is 114 Å². The molecular formula is C21H25N3O5S. The van der Waals surface area contributed by atoms with Gasteiger partial charge in [0.1, 0.15) is 0 Å². The number of anilines is 2. The summed E-state index contributed by atoms with van der Waals surface area (Å²) in [5.41, 5.74) is 3.20. The van der Waals surface area contributed by atoms with Gasteiger partial charge < -0.3 is 15.4 Å². The SMILES string of the molecule is CCOC(=O)Nc1ccc(-c2ccc(NC(=O)NCC3CCS(=O)(=O)C3)cc2)cc1. The molecule has 1 aliphatic heterocycles. The summed E-state index contributed by atoms with van der Waals surface area (Å²) in [5, 5.41) is 8.12. The molecule has 0 bridgehead atoms. The van der Waals surface area contributed by atoms with Crippen LogP contribution in [0.4, 0.5) is 21.0 Å². The average Bonchev–Trinajstić information content (AvgIpc) is 3.07. The number of rotatable bonds is 6. The summed E-state index contributed by atoms with van der Waals surface area (Å²) in [6, 6.07) is 14.3. The van der Waals surface area contributed by atoms with E-state index in [1.54, 1.807) is 31.2 Å². The van der Waals surface area contributed by atoms with Crippen molar-refractivity contribution < 1.29 is 22.7 Å². The minimum absolute atomic E-state index is 0.0237. The summed E-state index contributed by atoms with van der Waals surface area (Å²) < 4.78 is 27.8. The molecule has 1 heterocycles. The fraction of sp³-hybridized carbons (Fsp3) is 0.333. The van der Waals surface area contributed by atoms with Gasteiger partial charge in [0.15, 0.2) is 9.84 Å². The average molecular weight is 432 g/mol. The highest BCUT2D eigenvalue weighted by Crippen LogP contribution is 2.23. The van der Waals surface area contributed by atoms with Crippen LogP contribution in [-0.4, -0.2) is 45.2 Å². The Morgan fingerprint density at radius 3 is 2.03 bits per heavy atom. The van der Waals surface area contributed by atoms with Gasteiger partial charge >= 0.3 is 12.1 Å². The first-order valence-corrected chi connectivity index (χ1v) is 11.6. The van der Waals surface area contributed by atoms with E-state index in [2.05, 4.69) is 16.0 Å². The monoisotopic (exact) mass is 431 g/mol. The van der Waals surface area contributed by atoms with E-state index in [1.807, 2.05) is 24.3 Å². The van der Waals surface area contributed by atoms with Gasteiger partial charge in [-0.1, -0.05) is 24.3 Å². The molecule has 160 valence electrons. The molecule has 1 aliphatic rings. The van der Waals surface area contributed by atoms with Gasteiger partial charge in [0.2, 0.25) is 0 Å². The van der Waals surface area contributed by atoms with Crippen LogP contribution in [0.15, 0.2) is 48.5 Å². The van der Waals surface area contributed by atoms with E-state index in [1.165, 1.54) is 0 Å². The predicted octanol–water partition coefficient (Wildman–Crippen LogP) is 3.48. The number of ether oxygens (including phenoxy) is 1. The lowest BCUT2D eigenvalue weighted by Crippen LogP contribution is -2.33. The molecule has 0 spiro atoms. The van der Waals surface area contributed by atoms with Crippen LogP contribution in [-0.2, 0) is 14.6 Å². The zero-order valence-electron chi connectivity index (χ0n) is 16.7. The van der Waals surface area contributed by atoms with E-state index in [4.69, 9.17) is 4.74 Å². The maximum Gasteiger partial charge on any atom is 0.411 e. The molecular weight excluding hydrogens is 406 g/mol. The number of carbonyl (C=O) groups is 2. The molecule has 8 nitrogen and oxygen atoms in total. The molecule has 30 heavy (non-hydrogen) atoms. The summed E-state index contributed by atoms with van der Waals surface area (Å²) >= 11 is 0.